The monoisotopic (exact) mass is 223 g/mol. The van der Waals surface area contributed by atoms with Gasteiger partial charge < -0.3 is 5.32 Å². The topological polar surface area (TPSA) is 12.0 Å². The molecule has 1 nitrogen and oxygen atoms in total. The lowest BCUT2D eigenvalue weighted by molar-refractivity contribution is 0.399. The maximum atomic E-state index is 6.11. The summed E-state index contributed by atoms with van der Waals surface area (Å²) in [5.41, 5.74) is 2.63. The zero-order chi connectivity index (χ0) is 10.7. The molecule has 0 spiro atoms. The fourth-order valence-electron chi connectivity index (χ4n) is 2.24. The molecule has 0 saturated carbocycles. The predicted octanol–water partition coefficient (Wildman–Crippen LogP) is 3.33. The van der Waals surface area contributed by atoms with E-state index in [9.17, 15) is 0 Å². The van der Waals surface area contributed by atoms with Crippen molar-refractivity contribution in [2.45, 2.75) is 38.6 Å². The van der Waals surface area contributed by atoms with E-state index in [1.165, 1.54) is 36.9 Å². The molecule has 0 bridgehead atoms. The molecule has 1 aromatic carbocycles. The molecule has 1 aliphatic rings. The number of halogens is 1. The second-order valence-corrected chi connectivity index (χ2v) is 4.78. The van der Waals surface area contributed by atoms with Gasteiger partial charge in [0.2, 0.25) is 0 Å². The van der Waals surface area contributed by atoms with E-state index in [0.717, 1.165) is 11.4 Å². The van der Waals surface area contributed by atoms with E-state index in [0.29, 0.717) is 6.04 Å². The van der Waals surface area contributed by atoms with Gasteiger partial charge in [0.05, 0.1) is 0 Å². The molecule has 2 rings (SSSR count). The Balaban J connectivity index is 2.06. The van der Waals surface area contributed by atoms with Gasteiger partial charge in [-0.2, -0.15) is 0 Å². The zero-order valence-corrected chi connectivity index (χ0v) is 9.98. The van der Waals surface area contributed by atoms with Crippen molar-refractivity contribution < 1.29 is 0 Å². The van der Waals surface area contributed by atoms with Crippen LogP contribution in [0.15, 0.2) is 18.2 Å². The van der Waals surface area contributed by atoms with Crippen LogP contribution >= 0.6 is 11.6 Å². The third-order valence-electron chi connectivity index (χ3n) is 3.26. The van der Waals surface area contributed by atoms with Gasteiger partial charge in [0.1, 0.15) is 0 Å². The lowest BCUT2D eigenvalue weighted by Crippen LogP contribution is -2.35. The number of rotatable bonds is 2. The summed E-state index contributed by atoms with van der Waals surface area (Å²) in [6.45, 7) is 3.28. The van der Waals surface area contributed by atoms with E-state index in [2.05, 4.69) is 18.3 Å². The van der Waals surface area contributed by atoms with E-state index < -0.39 is 0 Å². The van der Waals surface area contributed by atoms with Gasteiger partial charge in [-0.25, -0.2) is 0 Å². The zero-order valence-electron chi connectivity index (χ0n) is 9.22. The molecule has 1 fully saturated rings. The molecular formula is C13H18ClN. The number of hydrogen-bond acceptors (Lipinski definition) is 1. The van der Waals surface area contributed by atoms with E-state index >= 15 is 0 Å². The lowest BCUT2D eigenvalue weighted by atomic mass is 9.95. The SMILES string of the molecule is Cc1c(Cl)cccc1CC1CCCCN1. The van der Waals surface area contributed by atoms with Gasteiger partial charge in [-0.3, -0.25) is 0 Å². The molecule has 0 aliphatic carbocycles. The summed E-state index contributed by atoms with van der Waals surface area (Å²) < 4.78 is 0. The average molecular weight is 224 g/mol. The third-order valence-corrected chi connectivity index (χ3v) is 3.67. The molecule has 0 amide bonds. The number of benzene rings is 1. The van der Waals surface area contributed by atoms with Crippen LogP contribution in [-0.2, 0) is 6.42 Å². The van der Waals surface area contributed by atoms with Crippen LogP contribution < -0.4 is 5.32 Å². The second kappa shape index (κ2) is 5.00. The Labute approximate surface area is 96.8 Å². The van der Waals surface area contributed by atoms with Gasteiger partial charge in [-0.05, 0) is 49.9 Å². The highest BCUT2D eigenvalue weighted by Gasteiger charge is 2.14. The van der Waals surface area contributed by atoms with Crippen LogP contribution in [0, 0.1) is 6.92 Å². The van der Waals surface area contributed by atoms with Gasteiger partial charge in [0.25, 0.3) is 0 Å². The summed E-state index contributed by atoms with van der Waals surface area (Å²) in [6, 6.07) is 6.86. The van der Waals surface area contributed by atoms with Crippen molar-refractivity contribution in [3.63, 3.8) is 0 Å². The van der Waals surface area contributed by atoms with Gasteiger partial charge in [0.15, 0.2) is 0 Å². The van der Waals surface area contributed by atoms with Crippen molar-refractivity contribution in [2.75, 3.05) is 6.54 Å². The molecule has 82 valence electrons. The van der Waals surface area contributed by atoms with Gasteiger partial charge >= 0.3 is 0 Å². The van der Waals surface area contributed by atoms with E-state index in [4.69, 9.17) is 11.6 Å². The maximum absolute atomic E-state index is 6.11. The highest BCUT2D eigenvalue weighted by molar-refractivity contribution is 6.31. The minimum absolute atomic E-state index is 0.649. The Hall–Kier alpha value is -0.530. The van der Waals surface area contributed by atoms with Crippen molar-refractivity contribution in [3.8, 4) is 0 Å². The molecule has 15 heavy (non-hydrogen) atoms. The van der Waals surface area contributed by atoms with E-state index in [1.54, 1.807) is 0 Å². The Morgan fingerprint density at radius 1 is 1.40 bits per heavy atom. The summed E-state index contributed by atoms with van der Waals surface area (Å²) in [5.74, 6) is 0. The Morgan fingerprint density at radius 2 is 2.27 bits per heavy atom. The van der Waals surface area contributed by atoms with E-state index in [-0.39, 0.29) is 0 Å². The fourth-order valence-corrected chi connectivity index (χ4v) is 2.43. The number of nitrogens with one attached hydrogen (secondary N) is 1. The van der Waals surface area contributed by atoms with Gasteiger partial charge in [-0.15, -0.1) is 0 Å². The molecule has 1 N–H and O–H groups in total. The summed E-state index contributed by atoms with van der Waals surface area (Å²) >= 11 is 6.11. The first kappa shape index (κ1) is 11.0. The van der Waals surface area contributed by atoms with Crippen LogP contribution in [-0.4, -0.2) is 12.6 Å². The molecule has 1 unspecified atom stereocenters. The van der Waals surface area contributed by atoms with Crippen LogP contribution in [0.25, 0.3) is 0 Å². The van der Waals surface area contributed by atoms with Crippen LogP contribution in [0.4, 0.5) is 0 Å². The van der Waals surface area contributed by atoms with Crippen LogP contribution in [0.1, 0.15) is 30.4 Å². The Bertz CT molecular complexity index is 329. The van der Waals surface area contributed by atoms with Crippen LogP contribution in [0.2, 0.25) is 5.02 Å². The molecule has 1 aliphatic heterocycles. The molecule has 1 heterocycles. The van der Waals surface area contributed by atoms with Crippen molar-refractivity contribution >= 4 is 11.6 Å². The third kappa shape index (κ3) is 2.73. The van der Waals surface area contributed by atoms with Gasteiger partial charge in [-0.1, -0.05) is 30.2 Å². The summed E-state index contributed by atoms with van der Waals surface area (Å²) in [6.07, 6.45) is 5.10. The molecule has 2 heteroatoms. The fraction of sp³-hybridized carbons (Fsp3) is 0.538. The molecular weight excluding hydrogens is 206 g/mol. The summed E-state index contributed by atoms with van der Waals surface area (Å²) in [7, 11) is 0. The normalized spacial score (nSPS) is 21.6. The average Bonchev–Trinajstić information content (AvgIpc) is 2.26. The first-order chi connectivity index (χ1) is 7.27. The second-order valence-electron chi connectivity index (χ2n) is 4.37. The molecule has 1 atom stereocenters. The van der Waals surface area contributed by atoms with Gasteiger partial charge in [0, 0.05) is 11.1 Å². The van der Waals surface area contributed by atoms with Crippen LogP contribution in [0.5, 0.6) is 0 Å². The smallest absolute Gasteiger partial charge is 0.0437 e. The number of piperidine rings is 1. The first-order valence-electron chi connectivity index (χ1n) is 5.75. The minimum Gasteiger partial charge on any atom is -0.314 e. The predicted molar refractivity (Wildman–Crippen MR) is 65.5 cm³/mol. The summed E-state index contributed by atoms with van der Waals surface area (Å²) in [5, 5.41) is 4.46. The molecule has 0 radical (unpaired) electrons. The highest BCUT2D eigenvalue weighted by Crippen LogP contribution is 2.21. The standard InChI is InChI=1S/C13H18ClN/c1-10-11(5-4-7-13(10)14)9-12-6-2-3-8-15-12/h4-5,7,12,15H,2-3,6,8-9H2,1H3. The van der Waals surface area contributed by atoms with Crippen molar-refractivity contribution in [1.82, 2.24) is 5.32 Å². The van der Waals surface area contributed by atoms with Crippen LogP contribution in [0.3, 0.4) is 0 Å². The van der Waals surface area contributed by atoms with E-state index in [1.807, 2.05) is 12.1 Å². The molecule has 1 aromatic rings. The van der Waals surface area contributed by atoms with Crippen molar-refractivity contribution in [2.24, 2.45) is 0 Å². The molecule has 1 saturated heterocycles. The lowest BCUT2D eigenvalue weighted by Gasteiger charge is -2.24. The summed E-state index contributed by atoms with van der Waals surface area (Å²) in [4.78, 5) is 0. The quantitative estimate of drug-likeness (QED) is 0.811. The molecule has 0 aromatic heterocycles. The Morgan fingerprint density at radius 3 is 3.00 bits per heavy atom. The largest absolute Gasteiger partial charge is 0.314 e. The number of hydrogen-bond donors (Lipinski definition) is 1. The Kier molecular flexibility index (Phi) is 3.66. The first-order valence-corrected chi connectivity index (χ1v) is 6.12. The van der Waals surface area contributed by atoms with Crippen molar-refractivity contribution in [3.05, 3.63) is 34.3 Å². The maximum Gasteiger partial charge on any atom is 0.0437 e. The minimum atomic E-state index is 0.649. The van der Waals surface area contributed by atoms with Crippen molar-refractivity contribution in [1.29, 1.82) is 0 Å². The highest BCUT2D eigenvalue weighted by atomic mass is 35.5.